The summed E-state index contributed by atoms with van der Waals surface area (Å²) in [5.74, 6) is 1.54. The van der Waals surface area contributed by atoms with E-state index in [0.29, 0.717) is 16.8 Å². The molecule has 0 spiro atoms. The van der Waals surface area contributed by atoms with Gasteiger partial charge in [-0.25, -0.2) is 4.98 Å². The van der Waals surface area contributed by atoms with E-state index in [1.54, 1.807) is 6.26 Å². The average Bonchev–Trinajstić information content (AvgIpc) is 3.56. The third kappa shape index (κ3) is 4.31. The van der Waals surface area contributed by atoms with Crippen molar-refractivity contribution >= 4 is 50.3 Å². The van der Waals surface area contributed by atoms with Crippen LogP contribution in [-0.4, -0.2) is 44.0 Å². The van der Waals surface area contributed by atoms with E-state index < -0.39 is 0 Å². The molecule has 3 aromatic heterocycles. The van der Waals surface area contributed by atoms with Gasteiger partial charge in [-0.2, -0.15) is 0 Å². The second-order valence-corrected chi connectivity index (χ2v) is 9.72. The Balaban J connectivity index is 1.33. The lowest BCUT2D eigenvalue weighted by Crippen LogP contribution is -2.24. The van der Waals surface area contributed by atoms with Crippen LogP contribution in [0.1, 0.15) is 25.5 Å². The summed E-state index contributed by atoms with van der Waals surface area (Å²) in [6.07, 6.45) is 3.96. The molecule has 1 unspecified atom stereocenters. The van der Waals surface area contributed by atoms with E-state index in [0.717, 1.165) is 47.9 Å². The number of furan rings is 1. The van der Waals surface area contributed by atoms with Crippen molar-refractivity contribution in [3.63, 3.8) is 0 Å². The van der Waals surface area contributed by atoms with Crippen molar-refractivity contribution in [3.8, 4) is 0 Å². The molecule has 31 heavy (non-hydrogen) atoms. The number of thiazole rings is 1. The van der Waals surface area contributed by atoms with E-state index in [-0.39, 0.29) is 11.2 Å². The predicted octanol–water partition coefficient (Wildman–Crippen LogP) is 4.25. The van der Waals surface area contributed by atoms with E-state index in [9.17, 15) is 4.79 Å². The molecule has 8 nitrogen and oxygen atoms in total. The predicted molar refractivity (Wildman–Crippen MR) is 123 cm³/mol. The molecule has 1 N–H and O–H groups in total. The number of hydrogen-bond donors (Lipinski definition) is 1. The van der Waals surface area contributed by atoms with Gasteiger partial charge in [0.25, 0.3) is 0 Å². The Bertz CT molecular complexity index is 1150. The van der Waals surface area contributed by atoms with Crippen LogP contribution < -0.4 is 10.2 Å². The highest BCUT2D eigenvalue weighted by molar-refractivity contribution is 8.00. The fourth-order valence-electron chi connectivity index (χ4n) is 3.56. The number of thioether (sulfide) groups is 1. The summed E-state index contributed by atoms with van der Waals surface area (Å²) in [5, 5.41) is 12.7. The zero-order valence-corrected chi connectivity index (χ0v) is 18.7. The van der Waals surface area contributed by atoms with Crippen molar-refractivity contribution in [2.45, 2.75) is 36.7 Å². The van der Waals surface area contributed by atoms with Crippen molar-refractivity contribution in [2.75, 3.05) is 23.3 Å². The molecule has 1 aliphatic heterocycles. The minimum Gasteiger partial charge on any atom is -0.467 e. The number of anilines is 2. The van der Waals surface area contributed by atoms with Crippen molar-refractivity contribution in [3.05, 3.63) is 48.4 Å². The molecule has 1 aromatic carbocycles. The first-order valence-electron chi connectivity index (χ1n) is 10.2. The van der Waals surface area contributed by atoms with Crippen molar-refractivity contribution in [1.29, 1.82) is 0 Å². The molecule has 0 saturated carbocycles. The molecular weight excluding hydrogens is 432 g/mol. The number of carbonyl (C=O) groups excluding carboxylic acids is 1. The van der Waals surface area contributed by atoms with E-state index in [4.69, 9.17) is 4.42 Å². The molecule has 1 saturated heterocycles. The van der Waals surface area contributed by atoms with E-state index in [1.807, 2.05) is 47.9 Å². The number of nitrogens with one attached hydrogen (secondary N) is 1. The van der Waals surface area contributed by atoms with Crippen LogP contribution in [0.15, 0.2) is 52.2 Å². The lowest BCUT2D eigenvalue weighted by molar-refractivity contribution is -0.115. The van der Waals surface area contributed by atoms with Crippen LogP contribution >= 0.6 is 23.1 Å². The Kier molecular flexibility index (Phi) is 5.65. The molecule has 4 heterocycles. The quantitative estimate of drug-likeness (QED) is 0.418. The second kappa shape index (κ2) is 8.72. The van der Waals surface area contributed by atoms with Gasteiger partial charge in [0.15, 0.2) is 10.3 Å². The van der Waals surface area contributed by atoms with Crippen LogP contribution in [0.3, 0.4) is 0 Å². The first-order valence-corrected chi connectivity index (χ1v) is 11.9. The Hall–Kier alpha value is -2.85. The molecule has 4 aromatic rings. The third-order valence-electron chi connectivity index (χ3n) is 5.16. The summed E-state index contributed by atoms with van der Waals surface area (Å²) in [6, 6.07) is 11.7. The number of benzene rings is 1. The molecule has 10 heteroatoms. The number of fused-ring (bicyclic) bond motifs is 1. The lowest BCUT2D eigenvalue weighted by atomic mass is 10.3. The van der Waals surface area contributed by atoms with Crippen LogP contribution in [0.2, 0.25) is 0 Å². The number of hydrogen-bond acceptors (Lipinski definition) is 8. The Morgan fingerprint density at radius 2 is 2.06 bits per heavy atom. The van der Waals surface area contributed by atoms with Crippen LogP contribution in [0.5, 0.6) is 0 Å². The fraction of sp³-hybridized carbons (Fsp3) is 0.333. The van der Waals surface area contributed by atoms with Gasteiger partial charge in [0, 0.05) is 13.1 Å². The molecule has 0 bridgehead atoms. The zero-order chi connectivity index (χ0) is 21.2. The Morgan fingerprint density at radius 1 is 1.23 bits per heavy atom. The maximum Gasteiger partial charge on any atom is 0.239 e. The van der Waals surface area contributed by atoms with Crippen LogP contribution in [0.4, 0.5) is 11.1 Å². The number of rotatable bonds is 7. The van der Waals surface area contributed by atoms with Gasteiger partial charge in [0.2, 0.25) is 11.9 Å². The van der Waals surface area contributed by atoms with E-state index in [2.05, 4.69) is 25.4 Å². The van der Waals surface area contributed by atoms with Gasteiger partial charge in [0.1, 0.15) is 5.76 Å². The summed E-state index contributed by atoms with van der Waals surface area (Å²) in [5.41, 5.74) is 0.886. The van der Waals surface area contributed by atoms with Crippen molar-refractivity contribution in [1.82, 2.24) is 19.7 Å². The number of aromatic nitrogens is 4. The summed E-state index contributed by atoms with van der Waals surface area (Å²) < 4.78 is 8.64. The number of amides is 1. The van der Waals surface area contributed by atoms with Gasteiger partial charge < -0.3 is 14.6 Å². The van der Waals surface area contributed by atoms with Gasteiger partial charge in [0.05, 0.1) is 28.3 Å². The first-order chi connectivity index (χ1) is 15.2. The van der Waals surface area contributed by atoms with Crippen LogP contribution in [0.25, 0.3) is 10.2 Å². The standard InChI is InChI=1S/C21H22N6O2S2/c1-14(18(28)23-19-22-16-8-2-3-9-17(16)31-19)30-21-25-24-20(26-10-4-5-11-26)27(21)13-15-7-6-12-29-15/h2-3,6-9,12,14H,4-5,10-11,13H2,1H3,(H,22,23,28). The van der Waals surface area contributed by atoms with Crippen molar-refractivity contribution in [2.24, 2.45) is 0 Å². The molecule has 1 atom stereocenters. The summed E-state index contributed by atoms with van der Waals surface area (Å²) >= 11 is 2.86. The maximum absolute atomic E-state index is 12.8. The zero-order valence-electron chi connectivity index (χ0n) is 17.0. The van der Waals surface area contributed by atoms with Gasteiger partial charge in [-0.3, -0.25) is 9.36 Å². The highest BCUT2D eigenvalue weighted by atomic mass is 32.2. The molecule has 1 fully saturated rings. The normalized spacial score (nSPS) is 14.9. The summed E-state index contributed by atoms with van der Waals surface area (Å²) in [6.45, 7) is 4.33. The van der Waals surface area contributed by atoms with Crippen molar-refractivity contribution < 1.29 is 9.21 Å². The average molecular weight is 455 g/mol. The Morgan fingerprint density at radius 3 is 2.84 bits per heavy atom. The Labute approximate surface area is 187 Å². The largest absolute Gasteiger partial charge is 0.467 e. The van der Waals surface area contributed by atoms with Gasteiger partial charge in [-0.05, 0) is 44.0 Å². The number of nitrogens with zero attached hydrogens (tertiary/aromatic N) is 5. The first kappa shape index (κ1) is 20.1. The molecule has 1 amide bonds. The fourth-order valence-corrected chi connectivity index (χ4v) is 5.27. The van der Waals surface area contributed by atoms with Crippen LogP contribution in [-0.2, 0) is 11.3 Å². The third-order valence-corrected chi connectivity index (χ3v) is 7.19. The maximum atomic E-state index is 12.8. The van der Waals surface area contributed by atoms with Gasteiger partial charge in [-0.15, -0.1) is 10.2 Å². The van der Waals surface area contributed by atoms with E-state index >= 15 is 0 Å². The van der Waals surface area contributed by atoms with E-state index in [1.165, 1.54) is 23.1 Å². The molecule has 1 aliphatic rings. The smallest absolute Gasteiger partial charge is 0.239 e. The number of para-hydroxylation sites is 1. The van der Waals surface area contributed by atoms with Gasteiger partial charge in [-0.1, -0.05) is 35.2 Å². The SMILES string of the molecule is CC(Sc1nnc(N2CCCC2)n1Cc1ccco1)C(=O)Nc1nc2ccccc2s1. The highest BCUT2D eigenvalue weighted by Crippen LogP contribution is 2.30. The van der Waals surface area contributed by atoms with Gasteiger partial charge >= 0.3 is 0 Å². The molecule has 0 radical (unpaired) electrons. The number of carbonyl (C=O) groups is 1. The summed E-state index contributed by atoms with van der Waals surface area (Å²) in [4.78, 5) is 19.6. The topological polar surface area (TPSA) is 89.1 Å². The molecular formula is C21H22N6O2S2. The molecule has 0 aliphatic carbocycles. The molecule has 5 rings (SSSR count). The monoisotopic (exact) mass is 454 g/mol. The molecule has 160 valence electrons. The van der Waals surface area contributed by atoms with Crippen LogP contribution in [0, 0.1) is 0 Å². The highest BCUT2D eigenvalue weighted by Gasteiger charge is 2.25. The minimum absolute atomic E-state index is 0.112. The minimum atomic E-state index is -0.363. The second-order valence-electron chi connectivity index (χ2n) is 7.38. The summed E-state index contributed by atoms with van der Waals surface area (Å²) in [7, 11) is 0. The lowest BCUT2D eigenvalue weighted by Gasteiger charge is -2.18.